The summed E-state index contributed by atoms with van der Waals surface area (Å²) in [4.78, 5) is 19.2. The van der Waals surface area contributed by atoms with E-state index in [2.05, 4.69) is 26.6 Å². The number of amides is 1. The molecule has 1 aromatic heterocycles. The lowest BCUT2D eigenvalue weighted by Crippen LogP contribution is -2.58. The molecule has 0 bridgehead atoms. The molecule has 0 radical (unpaired) electrons. The molecule has 1 amide bonds. The number of fused-ring (bicyclic) bond motifs is 1. The molecule has 2 aromatic rings. The zero-order chi connectivity index (χ0) is 20.4. The minimum Gasteiger partial charge on any atom is -0.365 e. The molecule has 4 atom stereocenters. The second-order valence-corrected chi connectivity index (χ2v) is 7.61. The Morgan fingerprint density at radius 1 is 1.40 bits per heavy atom. The monoisotopic (exact) mass is 433 g/mol. The topological polar surface area (TPSA) is 90.3 Å². The molecule has 0 unspecified atom stereocenters. The third-order valence-corrected chi connectivity index (χ3v) is 5.49. The van der Waals surface area contributed by atoms with Gasteiger partial charge in [0.1, 0.15) is 12.2 Å². The lowest BCUT2D eigenvalue weighted by atomic mass is 10.0. The fraction of sp³-hybridized carbons (Fsp3) is 0.476. The Labute approximate surface area is 181 Å². The lowest BCUT2D eigenvalue weighted by molar-refractivity contribution is -0.138. The molecule has 30 heavy (non-hydrogen) atoms. The largest absolute Gasteiger partial charge is 0.365 e. The van der Waals surface area contributed by atoms with E-state index in [0.29, 0.717) is 43.7 Å². The number of nitriles is 1. The van der Waals surface area contributed by atoms with Gasteiger partial charge >= 0.3 is 0 Å². The highest BCUT2D eigenvalue weighted by atomic mass is 35.5. The number of morpholine rings is 1. The molecular weight excluding hydrogens is 409 g/mol. The molecule has 0 spiro atoms. The molecule has 2 N–H and O–H groups in total. The van der Waals surface area contributed by atoms with Crippen LogP contribution in [-0.2, 0) is 9.53 Å². The van der Waals surface area contributed by atoms with Gasteiger partial charge in [-0.05, 0) is 44.2 Å². The van der Waals surface area contributed by atoms with E-state index in [1.807, 2.05) is 25.1 Å². The van der Waals surface area contributed by atoms with Crippen molar-refractivity contribution in [1.29, 1.82) is 5.26 Å². The van der Waals surface area contributed by atoms with E-state index >= 15 is 0 Å². The SMILES string of the molecule is C[C@@H]1CN(c2ccc(C#N)c3ncccc23)C[C@H](C(=O)N[C@H]2CNCC[C@H]2F)O1.Cl. The van der Waals surface area contributed by atoms with Crippen molar-refractivity contribution in [2.45, 2.75) is 37.8 Å². The summed E-state index contributed by atoms with van der Waals surface area (Å²) in [6.45, 7) is 3.92. The van der Waals surface area contributed by atoms with Gasteiger partial charge in [-0.15, -0.1) is 12.4 Å². The number of hydrogen-bond acceptors (Lipinski definition) is 6. The van der Waals surface area contributed by atoms with E-state index in [9.17, 15) is 14.4 Å². The number of carbonyl (C=O) groups is 1. The highest BCUT2D eigenvalue weighted by molar-refractivity contribution is 5.95. The quantitative estimate of drug-likeness (QED) is 0.768. The van der Waals surface area contributed by atoms with Crippen LogP contribution < -0.4 is 15.5 Å². The van der Waals surface area contributed by atoms with Gasteiger partial charge in [0.25, 0.3) is 5.91 Å². The van der Waals surface area contributed by atoms with Gasteiger partial charge in [0.15, 0.2) is 6.10 Å². The maximum absolute atomic E-state index is 14.1. The number of rotatable bonds is 3. The average molecular weight is 434 g/mol. The van der Waals surface area contributed by atoms with Gasteiger partial charge in [-0.3, -0.25) is 9.78 Å². The van der Waals surface area contributed by atoms with Crippen LogP contribution in [-0.4, -0.2) is 61.5 Å². The Morgan fingerprint density at radius 2 is 2.23 bits per heavy atom. The number of halogens is 2. The molecule has 9 heteroatoms. The molecule has 2 aliphatic heterocycles. The lowest BCUT2D eigenvalue weighted by Gasteiger charge is -2.39. The van der Waals surface area contributed by atoms with Gasteiger partial charge in [0.2, 0.25) is 0 Å². The summed E-state index contributed by atoms with van der Waals surface area (Å²) in [7, 11) is 0. The van der Waals surface area contributed by atoms with Crippen molar-refractivity contribution in [1.82, 2.24) is 15.6 Å². The van der Waals surface area contributed by atoms with Crippen molar-refractivity contribution >= 4 is 34.9 Å². The summed E-state index contributed by atoms with van der Waals surface area (Å²) in [5.74, 6) is -0.297. The van der Waals surface area contributed by atoms with Crippen molar-refractivity contribution in [2.24, 2.45) is 0 Å². The third-order valence-electron chi connectivity index (χ3n) is 5.49. The normalized spacial score (nSPS) is 26.5. The first-order valence-electron chi connectivity index (χ1n) is 9.90. The van der Waals surface area contributed by atoms with Crippen molar-refractivity contribution in [2.75, 3.05) is 31.1 Å². The van der Waals surface area contributed by atoms with Crippen LogP contribution in [0.5, 0.6) is 0 Å². The minimum absolute atomic E-state index is 0. The zero-order valence-electron chi connectivity index (χ0n) is 16.7. The van der Waals surface area contributed by atoms with Crippen molar-refractivity contribution < 1.29 is 13.9 Å². The van der Waals surface area contributed by atoms with Crippen molar-refractivity contribution in [3.05, 3.63) is 36.0 Å². The molecule has 2 aliphatic rings. The van der Waals surface area contributed by atoms with E-state index in [1.165, 1.54) is 0 Å². The number of hydrogen-bond donors (Lipinski definition) is 2. The molecule has 0 aliphatic carbocycles. The van der Waals surface area contributed by atoms with Crippen LogP contribution in [0.15, 0.2) is 30.5 Å². The van der Waals surface area contributed by atoms with E-state index in [-0.39, 0.29) is 24.4 Å². The second-order valence-electron chi connectivity index (χ2n) is 7.61. The number of pyridine rings is 1. The van der Waals surface area contributed by atoms with Gasteiger partial charge in [-0.1, -0.05) is 0 Å². The summed E-state index contributed by atoms with van der Waals surface area (Å²) in [5.41, 5.74) is 2.06. The van der Waals surface area contributed by atoms with Crippen LogP contribution >= 0.6 is 12.4 Å². The van der Waals surface area contributed by atoms with E-state index in [4.69, 9.17) is 4.74 Å². The van der Waals surface area contributed by atoms with Crippen LogP contribution in [0.25, 0.3) is 10.9 Å². The van der Waals surface area contributed by atoms with Crippen LogP contribution in [0.3, 0.4) is 0 Å². The van der Waals surface area contributed by atoms with Crippen LogP contribution in [0, 0.1) is 11.3 Å². The first kappa shape index (κ1) is 22.2. The average Bonchev–Trinajstić information content (AvgIpc) is 2.74. The Bertz CT molecular complexity index is 953. The van der Waals surface area contributed by atoms with Gasteiger partial charge in [-0.25, -0.2) is 4.39 Å². The van der Waals surface area contributed by atoms with Crippen molar-refractivity contribution in [3.63, 3.8) is 0 Å². The van der Waals surface area contributed by atoms with Gasteiger partial charge in [-0.2, -0.15) is 5.26 Å². The van der Waals surface area contributed by atoms with Gasteiger partial charge in [0.05, 0.1) is 29.8 Å². The molecule has 3 heterocycles. The molecule has 0 saturated carbocycles. The Balaban J connectivity index is 0.00000256. The predicted molar refractivity (Wildman–Crippen MR) is 115 cm³/mol. The fourth-order valence-corrected chi connectivity index (χ4v) is 4.06. The van der Waals surface area contributed by atoms with Crippen LogP contribution in [0.1, 0.15) is 18.9 Å². The first-order chi connectivity index (χ1) is 14.1. The Morgan fingerprint density at radius 3 is 3.00 bits per heavy atom. The number of aromatic nitrogens is 1. The molecule has 2 fully saturated rings. The van der Waals surface area contributed by atoms with E-state index in [1.54, 1.807) is 12.3 Å². The molecule has 7 nitrogen and oxygen atoms in total. The first-order valence-corrected chi connectivity index (χ1v) is 9.90. The number of benzene rings is 1. The standard InChI is InChI=1S/C21H24FN5O2.ClH/c1-13-11-27(18-5-4-14(9-23)20-15(18)3-2-7-25-20)12-19(29-13)21(28)26-17-10-24-8-6-16(17)22;/h2-5,7,13,16-17,19,24H,6,8,10-12H2,1H3,(H,26,28);1H/t13-,16-,17+,19-;/m1./s1. The highest BCUT2D eigenvalue weighted by Crippen LogP contribution is 2.30. The van der Waals surface area contributed by atoms with Gasteiger partial charge < -0.3 is 20.3 Å². The summed E-state index contributed by atoms with van der Waals surface area (Å²) in [6, 6.07) is 9.03. The molecule has 2 saturated heterocycles. The van der Waals surface area contributed by atoms with E-state index in [0.717, 1.165) is 11.1 Å². The zero-order valence-corrected chi connectivity index (χ0v) is 17.5. The van der Waals surface area contributed by atoms with Crippen molar-refractivity contribution in [3.8, 4) is 6.07 Å². The maximum atomic E-state index is 14.1. The maximum Gasteiger partial charge on any atom is 0.251 e. The molecular formula is C21H25ClFN5O2. The third kappa shape index (κ3) is 4.48. The number of alkyl halides is 1. The van der Waals surface area contributed by atoms with Gasteiger partial charge in [0, 0.05) is 30.4 Å². The number of anilines is 1. The summed E-state index contributed by atoms with van der Waals surface area (Å²) >= 11 is 0. The molecule has 1 aromatic carbocycles. The Hall–Kier alpha value is -2.47. The van der Waals surface area contributed by atoms with E-state index < -0.39 is 18.3 Å². The minimum atomic E-state index is -1.05. The number of carbonyl (C=O) groups excluding carboxylic acids is 1. The fourth-order valence-electron chi connectivity index (χ4n) is 4.06. The Kier molecular flexibility index (Phi) is 7.08. The summed E-state index contributed by atoms with van der Waals surface area (Å²) in [5, 5.41) is 16.1. The highest BCUT2D eigenvalue weighted by Gasteiger charge is 2.34. The number of nitrogens with zero attached hydrogens (tertiary/aromatic N) is 3. The summed E-state index contributed by atoms with van der Waals surface area (Å²) in [6.07, 6.45) is 0.133. The van der Waals surface area contributed by atoms with Crippen LogP contribution in [0.4, 0.5) is 10.1 Å². The number of piperidine rings is 1. The second kappa shape index (κ2) is 9.56. The molecule has 160 valence electrons. The number of ether oxygens (including phenoxy) is 1. The smallest absolute Gasteiger partial charge is 0.251 e. The molecule has 4 rings (SSSR count). The number of nitrogens with one attached hydrogen (secondary N) is 2. The van der Waals surface area contributed by atoms with Crippen LogP contribution in [0.2, 0.25) is 0 Å². The predicted octanol–water partition coefficient (Wildman–Crippen LogP) is 1.94. The summed E-state index contributed by atoms with van der Waals surface area (Å²) < 4.78 is 20.0.